The Hall–Kier alpha value is -1.61. The third-order valence-electron chi connectivity index (χ3n) is 2.40. The summed E-state index contributed by atoms with van der Waals surface area (Å²) in [6.07, 6.45) is 1.61. The molecule has 0 fully saturated rings. The molecule has 0 bridgehead atoms. The van der Waals surface area contributed by atoms with E-state index in [0.29, 0.717) is 16.1 Å². The highest BCUT2D eigenvalue weighted by molar-refractivity contribution is 6.34. The Morgan fingerprint density at radius 1 is 1.20 bits per heavy atom. The minimum absolute atomic E-state index is 0.306. The topological polar surface area (TPSA) is 17.3 Å². The molecule has 0 N–H and O–H groups in total. The van der Waals surface area contributed by atoms with E-state index in [-0.39, 0.29) is 5.95 Å². The van der Waals surface area contributed by atoms with E-state index in [1.807, 2.05) is 0 Å². The fourth-order valence-electron chi connectivity index (χ4n) is 1.72. The molecule has 0 atom stereocenters. The molecule has 2 aromatic heterocycles. The van der Waals surface area contributed by atoms with Gasteiger partial charge < -0.3 is 0 Å². The summed E-state index contributed by atoms with van der Waals surface area (Å²) >= 11 is 5.98. The summed E-state index contributed by atoms with van der Waals surface area (Å²) in [6, 6.07) is 8.42. The maximum Gasteiger partial charge on any atom is 0.198 e. The summed E-state index contributed by atoms with van der Waals surface area (Å²) in [5.74, 6) is -0.306. The van der Waals surface area contributed by atoms with Crippen LogP contribution in [-0.4, -0.2) is 9.38 Å². The first kappa shape index (κ1) is 8.68. The molecule has 15 heavy (non-hydrogen) atoms. The fourth-order valence-corrected chi connectivity index (χ4v) is 1.94. The van der Waals surface area contributed by atoms with Crippen molar-refractivity contribution in [3.63, 3.8) is 0 Å². The van der Waals surface area contributed by atoms with E-state index < -0.39 is 0 Å². The number of hydrogen-bond donors (Lipinski definition) is 0. The molecule has 74 valence electrons. The molecule has 2 heterocycles. The zero-order valence-electron chi connectivity index (χ0n) is 7.61. The van der Waals surface area contributed by atoms with Gasteiger partial charge in [-0.1, -0.05) is 17.7 Å². The fraction of sp³-hybridized carbons (Fsp3) is 0. The highest BCUT2D eigenvalue weighted by Crippen LogP contribution is 2.23. The molecular weight excluding hydrogens is 215 g/mol. The molecule has 0 aliphatic heterocycles. The number of aromatic nitrogens is 2. The van der Waals surface area contributed by atoms with Crippen LogP contribution in [0, 0.1) is 5.95 Å². The lowest BCUT2D eigenvalue weighted by Crippen LogP contribution is -1.93. The number of benzene rings is 1. The summed E-state index contributed by atoms with van der Waals surface area (Å²) < 4.78 is 15.0. The lowest BCUT2D eigenvalue weighted by atomic mass is 10.3. The lowest BCUT2D eigenvalue weighted by Gasteiger charge is -2.03. The third-order valence-corrected chi connectivity index (χ3v) is 2.70. The molecule has 1 aromatic carbocycles. The zero-order valence-corrected chi connectivity index (χ0v) is 8.37. The number of fused-ring (bicyclic) bond motifs is 3. The van der Waals surface area contributed by atoms with E-state index >= 15 is 0 Å². The first-order valence-corrected chi connectivity index (χ1v) is 4.85. The second-order valence-corrected chi connectivity index (χ2v) is 3.69. The maximum absolute atomic E-state index is 13.5. The Bertz CT molecular complexity index is 660. The average molecular weight is 221 g/mol. The third kappa shape index (κ3) is 1.13. The number of para-hydroxylation sites is 1. The van der Waals surface area contributed by atoms with Crippen LogP contribution < -0.4 is 0 Å². The molecule has 0 saturated heterocycles. The highest BCUT2D eigenvalue weighted by atomic mass is 35.5. The Morgan fingerprint density at radius 2 is 2.07 bits per heavy atom. The molecule has 3 rings (SSSR count). The largest absolute Gasteiger partial charge is 0.283 e. The first-order valence-electron chi connectivity index (χ1n) is 4.47. The maximum atomic E-state index is 13.5. The highest BCUT2D eigenvalue weighted by Gasteiger charge is 2.07. The van der Waals surface area contributed by atoms with E-state index in [1.54, 1.807) is 30.5 Å². The Kier molecular flexibility index (Phi) is 1.70. The summed E-state index contributed by atoms with van der Waals surface area (Å²) in [6.45, 7) is 0. The van der Waals surface area contributed by atoms with Gasteiger partial charge in [0.05, 0.1) is 22.3 Å². The summed E-state index contributed by atoms with van der Waals surface area (Å²) in [5.41, 5.74) is 2.02. The van der Waals surface area contributed by atoms with Crippen LogP contribution in [0.15, 0.2) is 36.5 Å². The van der Waals surface area contributed by atoms with Gasteiger partial charge in [-0.05, 0) is 24.3 Å². The van der Waals surface area contributed by atoms with Crippen molar-refractivity contribution in [3.8, 4) is 0 Å². The number of hydrogen-bond acceptors (Lipinski definition) is 1. The van der Waals surface area contributed by atoms with Gasteiger partial charge in [0.25, 0.3) is 0 Å². The Labute approximate surface area is 89.9 Å². The van der Waals surface area contributed by atoms with Crippen molar-refractivity contribution in [2.75, 3.05) is 0 Å². The Morgan fingerprint density at radius 3 is 2.93 bits per heavy atom. The van der Waals surface area contributed by atoms with Crippen molar-refractivity contribution in [1.82, 2.24) is 9.38 Å². The standard InChI is InChI=1S/C11H6ClFN2/c12-8-2-1-3-9-11(8)14-6-7-4-5-10(13)15(7)9/h1-6H. The molecule has 3 aromatic rings. The summed E-state index contributed by atoms with van der Waals surface area (Å²) in [5, 5.41) is 0.530. The number of rotatable bonds is 0. The van der Waals surface area contributed by atoms with Crippen molar-refractivity contribution in [2.45, 2.75) is 0 Å². The van der Waals surface area contributed by atoms with Crippen molar-refractivity contribution >= 4 is 28.2 Å². The van der Waals surface area contributed by atoms with Crippen LogP contribution in [0.5, 0.6) is 0 Å². The lowest BCUT2D eigenvalue weighted by molar-refractivity contribution is 0.579. The number of nitrogens with zero attached hydrogens (tertiary/aromatic N) is 2. The van der Waals surface area contributed by atoms with Gasteiger partial charge in [0.15, 0.2) is 5.95 Å². The van der Waals surface area contributed by atoms with E-state index in [0.717, 1.165) is 5.52 Å². The van der Waals surface area contributed by atoms with E-state index in [9.17, 15) is 4.39 Å². The molecule has 0 unspecified atom stereocenters. The van der Waals surface area contributed by atoms with E-state index in [1.165, 1.54) is 10.5 Å². The molecule has 0 saturated carbocycles. The SMILES string of the molecule is Fc1ccc2cnc3c(Cl)cccc3n12. The quantitative estimate of drug-likeness (QED) is 0.568. The molecule has 0 spiro atoms. The molecule has 0 aliphatic carbocycles. The van der Waals surface area contributed by atoms with Gasteiger partial charge >= 0.3 is 0 Å². The van der Waals surface area contributed by atoms with Crippen molar-refractivity contribution in [1.29, 1.82) is 0 Å². The van der Waals surface area contributed by atoms with Crippen LogP contribution in [-0.2, 0) is 0 Å². The van der Waals surface area contributed by atoms with E-state index in [2.05, 4.69) is 4.98 Å². The number of halogens is 2. The van der Waals surface area contributed by atoms with Gasteiger partial charge in [-0.3, -0.25) is 9.38 Å². The monoisotopic (exact) mass is 220 g/mol. The molecule has 2 nitrogen and oxygen atoms in total. The molecule has 0 radical (unpaired) electrons. The smallest absolute Gasteiger partial charge is 0.198 e. The van der Waals surface area contributed by atoms with Crippen LogP contribution >= 0.6 is 11.6 Å². The van der Waals surface area contributed by atoms with Gasteiger partial charge in [-0.2, -0.15) is 4.39 Å². The van der Waals surface area contributed by atoms with Gasteiger partial charge in [0, 0.05) is 0 Å². The predicted octanol–water partition coefficient (Wildman–Crippen LogP) is 3.28. The average Bonchev–Trinajstić information content (AvgIpc) is 2.61. The molecule has 0 aliphatic rings. The van der Waals surface area contributed by atoms with Gasteiger partial charge in [-0.15, -0.1) is 0 Å². The van der Waals surface area contributed by atoms with E-state index in [4.69, 9.17) is 11.6 Å². The van der Waals surface area contributed by atoms with Crippen LogP contribution in [0.3, 0.4) is 0 Å². The van der Waals surface area contributed by atoms with Gasteiger partial charge in [-0.25, -0.2) is 0 Å². The second-order valence-electron chi connectivity index (χ2n) is 3.28. The van der Waals surface area contributed by atoms with Crippen LogP contribution in [0.25, 0.3) is 16.6 Å². The summed E-state index contributed by atoms with van der Waals surface area (Å²) in [4.78, 5) is 4.20. The van der Waals surface area contributed by atoms with Crippen LogP contribution in [0.2, 0.25) is 5.02 Å². The molecular formula is C11H6ClFN2. The first-order chi connectivity index (χ1) is 7.27. The minimum atomic E-state index is -0.306. The van der Waals surface area contributed by atoms with Crippen molar-refractivity contribution in [2.24, 2.45) is 0 Å². The predicted molar refractivity (Wildman–Crippen MR) is 57.7 cm³/mol. The van der Waals surface area contributed by atoms with Gasteiger partial charge in [0.1, 0.15) is 5.52 Å². The second kappa shape index (κ2) is 2.94. The zero-order chi connectivity index (χ0) is 10.4. The van der Waals surface area contributed by atoms with Crippen molar-refractivity contribution in [3.05, 3.63) is 47.5 Å². The van der Waals surface area contributed by atoms with Gasteiger partial charge in [0.2, 0.25) is 0 Å². The Balaban J connectivity index is 2.64. The van der Waals surface area contributed by atoms with Crippen molar-refractivity contribution < 1.29 is 4.39 Å². The minimum Gasteiger partial charge on any atom is -0.283 e. The normalized spacial score (nSPS) is 11.3. The molecule has 0 amide bonds. The summed E-state index contributed by atoms with van der Waals surface area (Å²) in [7, 11) is 0. The molecule has 4 heteroatoms. The van der Waals surface area contributed by atoms with Crippen LogP contribution in [0.4, 0.5) is 4.39 Å². The van der Waals surface area contributed by atoms with Crippen LogP contribution in [0.1, 0.15) is 0 Å².